The van der Waals surface area contributed by atoms with Gasteiger partial charge in [0, 0.05) is 15.8 Å². The largest absolute Gasteiger partial charge is 0.399 e. The SMILES string of the molecule is Nc1cccc(NC(=O)COCc2ccc(Br)cc2)c1. The maximum absolute atomic E-state index is 11.7. The Hall–Kier alpha value is -1.85. The Morgan fingerprint density at radius 3 is 2.65 bits per heavy atom. The standard InChI is InChI=1S/C15H15BrN2O2/c16-12-6-4-11(5-7-12)9-20-10-15(19)18-14-3-1-2-13(17)8-14/h1-8H,9-10,17H2,(H,18,19). The Kier molecular flexibility index (Phi) is 5.15. The third kappa shape index (κ3) is 4.68. The highest BCUT2D eigenvalue weighted by molar-refractivity contribution is 9.10. The van der Waals surface area contributed by atoms with Gasteiger partial charge in [0.05, 0.1) is 6.61 Å². The molecule has 0 radical (unpaired) electrons. The number of ether oxygens (including phenoxy) is 1. The first-order valence-corrected chi connectivity index (χ1v) is 6.90. The van der Waals surface area contributed by atoms with Crippen molar-refractivity contribution in [1.29, 1.82) is 0 Å². The lowest BCUT2D eigenvalue weighted by Crippen LogP contribution is -2.18. The van der Waals surface area contributed by atoms with Crippen molar-refractivity contribution in [2.24, 2.45) is 0 Å². The zero-order valence-corrected chi connectivity index (χ0v) is 12.4. The lowest BCUT2D eigenvalue weighted by atomic mass is 10.2. The second-order valence-corrected chi connectivity index (χ2v) is 5.21. The van der Waals surface area contributed by atoms with Crippen LogP contribution in [0, 0.1) is 0 Å². The zero-order valence-electron chi connectivity index (χ0n) is 10.8. The van der Waals surface area contributed by atoms with Gasteiger partial charge in [-0.2, -0.15) is 0 Å². The van der Waals surface area contributed by atoms with E-state index in [-0.39, 0.29) is 12.5 Å². The van der Waals surface area contributed by atoms with E-state index < -0.39 is 0 Å². The molecule has 4 nitrogen and oxygen atoms in total. The fourth-order valence-electron chi connectivity index (χ4n) is 1.66. The van der Waals surface area contributed by atoms with Crippen LogP contribution in [0.15, 0.2) is 53.0 Å². The summed E-state index contributed by atoms with van der Waals surface area (Å²) in [5.74, 6) is -0.201. The second-order valence-electron chi connectivity index (χ2n) is 4.29. The number of halogens is 1. The zero-order chi connectivity index (χ0) is 14.4. The van der Waals surface area contributed by atoms with Gasteiger partial charge in [-0.25, -0.2) is 0 Å². The van der Waals surface area contributed by atoms with E-state index in [1.807, 2.05) is 24.3 Å². The fraction of sp³-hybridized carbons (Fsp3) is 0.133. The molecule has 0 aliphatic rings. The third-order valence-electron chi connectivity index (χ3n) is 2.59. The van der Waals surface area contributed by atoms with Gasteiger partial charge in [0.25, 0.3) is 0 Å². The van der Waals surface area contributed by atoms with Crippen molar-refractivity contribution >= 4 is 33.2 Å². The Labute approximate surface area is 126 Å². The van der Waals surface area contributed by atoms with Crippen molar-refractivity contribution < 1.29 is 9.53 Å². The van der Waals surface area contributed by atoms with Crippen LogP contribution in [0.1, 0.15) is 5.56 Å². The molecular weight excluding hydrogens is 320 g/mol. The number of amides is 1. The molecule has 5 heteroatoms. The van der Waals surface area contributed by atoms with Gasteiger partial charge < -0.3 is 15.8 Å². The van der Waals surface area contributed by atoms with Crippen LogP contribution in [0.3, 0.4) is 0 Å². The van der Waals surface area contributed by atoms with Gasteiger partial charge in [0.1, 0.15) is 6.61 Å². The number of rotatable bonds is 5. The minimum absolute atomic E-state index is 0.00482. The molecule has 0 aliphatic carbocycles. The molecule has 1 amide bonds. The van der Waals surface area contributed by atoms with Crippen LogP contribution >= 0.6 is 15.9 Å². The van der Waals surface area contributed by atoms with E-state index in [4.69, 9.17) is 10.5 Å². The van der Waals surface area contributed by atoms with Crippen molar-refractivity contribution in [2.75, 3.05) is 17.7 Å². The average molecular weight is 335 g/mol. The maximum Gasteiger partial charge on any atom is 0.250 e. The number of hydrogen-bond donors (Lipinski definition) is 2. The van der Waals surface area contributed by atoms with E-state index in [2.05, 4.69) is 21.2 Å². The molecule has 0 heterocycles. The highest BCUT2D eigenvalue weighted by Gasteiger charge is 2.03. The predicted octanol–water partition coefficient (Wildman–Crippen LogP) is 3.19. The molecule has 0 atom stereocenters. The Balaban J connectivity index is 1.76. The lowest BCUT2D eigenvalue weighted by molar-refractivity contribution is -0.121. The van der Waals surface area contributed by atoms with Gasteiger partial charge in [-0.15, -0.1) is 0 Å². The third-order valence-corrected chi connectivity index (χ3v) is 3.11. The Morgan fingerprint density at radius 1 is 1.20 bits per heavy atom. The van der Waals surface area contributed by atoms with E-state index in [0.29, 0.717) is 18.0 Å². The first kappa shape index (κ1) is 14.6. The molecule has 104 valence electrons. The Morgan fingerprint density at radius 2 is 1.95 bits per heavy atom. The smallest absolute Gasteiger partial charge is 0.250 e. The minimum Gasteiger partial charge on any atom is -0.399 e. The lowest BCUT2D eigenvalue weighted by Gasteiger charge is -2.07. The molecule has 0 aromatic heterocycles. The fourth-order valence-corrected chi connectivity index (χ4v) is 1.92. The van der Waals surface area contributed by atoms with E-state index >= 15 is 0 Å². The number of hydrogen-bond acceptors (Lipinski definition) is 3. The summed E-state index contributed by atoms with van der Waals surface area (Å²) in [5.41, 5.74) is 7.93. The number of nitrogens with one attached hydrogen (secondary N) is 1. The molecule has 2 aromatic rings. The van der Waals surface area contributed by atoms with Gasteiger partial charge >= 0.3 is 0 Å². The molecule has 0 aliphatic heterocycles. The van der Waals surface area contributed by atoms with Crippen molar-refractivity contribution in [2.45, 2.75) is 6.61 Å². The molecule has 0 saturated heterocycles. The molecule has 0 saturated carbocycles. The van der Waals surface area contributed by atoms with E-state index in [9.17, 15) is 4.79 Å². The molecule has 2 aromatic carbocycles. The van der Waals surface area contributed by atoms with Gasteiger partial charge in [0.2, 0.25) is 5.91 Å². The summed E-state index contributed by atoms with van der Waals surface area (Å²) in [6.45, 7) is 0.405. The summed E-state index contributed by atoms with van der Waals surface area (Å²) in [4.78, 5) is 11.7. The first-order valence-electron chi connectivity index (χ1n) is 6.11. The molecule has 3 N–H and O–H groups in total. The normalized spacial score (nSPS) is 10.2. The number of benzene rings is 2. The first-order chi connectivity index (χ1) is 9.63. The van der Waals surface area contributed by atoms with Crippen molar-refractivity contribution in [3.63, 3.8) is 0 Å². The van der Waals surface area contributed by atoms with Crippen LogP contribution < -0.4 is 11.1 Å². The van der Waals surface area contributed by atoms with Gasteiger partial charge in [0.15, 0.2) is 0 Å². The Bertz CT molecular complexity index is 585. The molecule has 0 bridgehead atoms. The topological polar surface area (TPSA) is 64.3 Å². The maximum atomic E-state index is 11.7. The van der Waals surface area contributed by atoms with Gasteiger partial charge in [-0.05, 0) is 35.9 Å². The summed E-state index contributed by atoms with van der Waals surface area (Å²) in [6.07, 6.45) is 0. The summed E-state index contributed by atoms with van der Waals surface area (Å²) in [7, 11) is 0. The van der Waals surface area contributed by atoms with E-state index in [1.165, 1.54) is 0 Å². The van der Waals surface area contributed by atoms with Crippen LogP contribution in [-0.2, 0) is 16.1 Å². The molecule has 0 unspecified atom stereocenters. The number of anilines is 2. The summed E-state index contributed by atoms with van der Waals surface area (Å²) in [5, 5.41) is 2.73. The van der Waals surface area contributed by atoms with Crippen LogP contribution in [0.25, 0.3) is 0 Å². The molecule has 0 fully saturated rings. The van der Waals surface area contributed by atoms with E-state index in [1.54, 1.807) is 24.3 Å². The summed E-state index contributed by atoms with van der Waals surface area (Å²) < 4.78 is 6.38. The van der Waals surface area contributed by atoms with Crippen LogP contribution in [-0.4, -0.2) is 12.5 Å². The number of carbonyl (C=O) groups excluding carboxylic acids is 1. The summed E-state index contributed by atoms with van der Waals surface area (Å²) >= 11 is 3.36. The van der Waals surface area contributed by atoms with Gasteiger partial charge in [-0.1, -0.05) is 34.1 Å². The highest BCUT2D eigenvalue weighted by atomic mass is 79.9. The van der Waals surface area contributed by atoms with E-state index in [0.717, 1.165) is 10.0 Å². The number of nitrogens with two attached hydrogens (primary N) is 1. The van der Waals surface area contributed by atoms with Gasteiger partial charge in [-0.3, -0.25) is 4.79 Å². The second kappa shape index (κ2) is 7.07. The van der Waals surface area contributed by atoms with Crippen molar-refractivity contribution in [3.05, 3.63) is 58.6 Å². The molecule has 20 heavy (non-hydrogen) atoms. The molecule has 2 rings (SSSR count). The monoisotopic (exact) mass is 334 g/mol. The highest BCUT2D eigenvalue weighted by Crippen LogP contribution is 2.12. The molecule has 0 spiro atoms. The minimum atomic E-state index is -0.201. The average Bonchev–Trinajstić information content (AvgIpc) is 2.41. The van der Waals surface area contributed by atoms with Crippen molar-refractivity contribution in [1.82, 2.24) is 0 Å². The van der Waals surface area contributed by atoms with Crippen molar-refractivity contribution in [3.8, 4) is 0 Å². The number of nitrogen functional groups attached to an aromatic ring is 1. The van der Waals surface area contributed by atoms with Crippen LogP contribution in [0.2, 0.25) is 0 Å². The molecular formula is C15H15BrN2O2. The summed E-state index contributed by atoms with van der Waals surface area (Å²) in [6, 6.07) is 14.8. The number of carbonyl (C=O) groups is 1. The van der Waals surface area contributed by atoms with Crippen LogP contribution in [0.5, 0.6) is 0 Å². The quantitative estimate of drug-likeness (QED) is 0.825. The predicted molar refractivity (Wildman–Crippen MR) is 83.3 cm³/mol. The van der Waals surface area contributed by atoms with Crippen LogP contribution in [0.4, 0.5) is 11.4 Å².